The van der Waals surface area contributed by atoms with E-state index in [0.29, 0.717) is 27.9 Å². The van der Waals surface area contributed by atoms with Gasteiger partial charge in [-0.2, -0.15) is 0 Å². The lowest BCUT2D eigenvalue weighted by molar-refractivity contribution is 0.0903. The Morgan fingerprint density at radius 2 is 1.71 bits per heavy atom. The number of carbonyl (C=O) groups is 2. The summed E-state index contributed by atoms with van der Waals surface area (Å²) in [6.07, 6.45) is 1.79. The molecule has 2 amide bonds. The maximum atomic E-state index is 12.7. The van der Waals surface area contributed by atoms with Crippen molar-refractivity contribution in [2.75, 3.05) is 32.6 Å². The maximum Gasteiger partial charge on any atom is 0.271 e. The third-order valence-electron chi connectivity index (χ3n) is 5.74. The minimum absolute atomic E-state index is 0.114. The summed E-state index contributed by atoms with van der Waals surface area (Å²) in [6, 6.07) is 15.4. The number of nitrogens with one attached hydrogen (secondary N) is 2. The minimum Gasteiger partial charge on any atom is -0.497 e. The Bertz CT molecular complexity index is 1100. The first-order valence-corrected chi connectivity index (χ1v) is 12.0. The second-order valence-corrected chi connectivity index (χ2v) is 8.96. The van der Waals surface area contributed by atoms with E-state index in [0.717, 1.165) is 32.5 Å². The predicted octanol–water partition coefficient (Wildman–Crippen LogP) is 3.81. The van der Waals surface area contributed by atoms with E-state index in [9.17, 15) is 9.59 Å². The topological polar surface area (TPSA) is 92.8 Å². The summed E-state index contributed by atoms with van der Waals surface area (Å²) in [7, 11) is 3.05. The van der Waals surface area contributed by atoms with Crippen molar-refractivity contribution in [2.45, 2.75) is 25.4 Å². The summed E-state index contributed by atoms with van der Waals surface area (Å²) in [5.41, 5.74) is 1.98. The third-order valence-corrected chi connectivity index (χ3v) is 6.50. The summed E-state index contributed by atoms with van der Waals surface area (Å²) in [5.74, 6) is 0.447. The average molecular weight is 481 g/mol. The van der Waals surface area contributed by atoms with Gasteiger partial charge in [0.2, 0.25) is 0 Å². The lowest BCUT2D eigenvalue weighted by Crippen LogP contribution is -2.44. The molecule has 2 heterocycles. The van der Waals surface area contributed by atoms with Crippen molar-refractivity contribution in [2.24, 2.45) is 0 Å². The van der Waals surface area contributed by atoms with Gasteiger partial charge in [0.1, 0.15) is 17.2 Å². The molecule has 1 aliphatic rings. The first kappa shape index (κ1) is 23.7. The summed E-state index contributed by atoms with van der Waals surface area (Å²) in [6.45, 7) is 2.79. The number of carbonyl (C=O) groups excluding carboxylic acids is 2. The van der Waals surface area contributed by atoms with E-state index in [1.807, 2.05) is 6.07 Å². The molecule has 1 fully saturated rings. The van der Waals surface area contributed by atoms with Gasteiger partial charge in [-0.1, -0.05) is 30.3 Å². The summed E-state index contributed by atoms with van der Waals surface area (Å²) in [5, 5.41) is 7.83. The van der Waals surface area contributed by atoms with E-state index in [1.54, 1.807) is 23.6 Å². The van der Waals surface area contributed by atoms with E-state index in [-0.39, 0.29) is 17.9 Å². The lowest BCUT2D eigenvalue weighted by atomic mass is 10.0. The largest absolute Gasteiger partial charge is 0.497 e. The molecule has 34 heavy (non-hydrogen) atoms. The molecule has 9 heteroatoms. The highest BCUT2D eigenvalue weighted by molar-refractivity contribution is 7.14. The standard InChI is InChI=1S/C25H28N4O4S/c1-32-20-12-18(13-21(14-20)33-2)23(30)28-25-27-22(16-34-25)24(31)26-19-8-10-29(11-9-19)15-17-6-4-3-5-7-17/h3-7,12-14,16,19H,8-11,15H2,1-2H3,(H,26,31)(H,27,28,30). The van der Waals surface area contributed by atoms with E-state index < -0.39 is 0 Å². The molecule has 8 nitrogen and oxygen atoms in total. The van der Waals surface area contributed by atoms with Gasteiger partial charge in [-0.3, -0.25) is 19.8 Å². The smallest absolute Gasteiger partial charge is 0.271 e. The minimum atomic E-state index is -0.357. The van der Waals surface area contributed by atoms with Gasteiger partial charge in [0.15, 0.2) is 5.13 Å². The molecule has 0 unspecified atom stereocenters. The quantitative estimate of drug-likeness (QED) is 0.509. The molecular formula is C25H28N4O4S. The van der Waals surface area contributed by atoms with Crippen LogP contribution in [0.2, 0.25) is 0 Å². The van der Waals surface area contributed by atoms with Crippen molar-refractivity contribution >= 4 is 28.3 Å². The van der Waals surface area contributed by atoms with Crippen LogP contribution < -0.4 is 20.1 Å². The molecule has 4 rings (SSSR count). The van der Waals surface area contributed by atoms with Crippen LogP contribution in [0.25, 0.3) is 0 Å². The number of nitrogens with zero attached hydrogens (tertiary/aromatic N) is 2. The normalized spacial score (nSPS) is 14.4. The fourth-order valence-corrected chi connectivity index (χ4v) is 4.57. The Morgan fingerprint density at radius 1 is 1.03 bits per heavy atom. The number of piperidine rings is 1. The monoisotopic (exact) mass is 480 g/mol. The van der Waals surface area contributed by atoms with Crippen LogP contribution in [-0.2, 0) is 6.54 Å². The molecule has 0 spiro atoms. The van der Waals surface area contributed by atoms with Crippen molar-refractivity contribution in [3.05, 3.63) is 70.7 Å². The molecule has 1 aliphatic heterocycles. The first-order chi connectivity index (χ1) is 16.5. The molecule has 0 radical (unpaired) electrons. The van der Waals surface area contributed by atoms with Crippen molar-refractivity contribution in [3.8, 4) is 11.5 Å². The van der Waals surface area contributed by atoms with Crippen LogP contribution in [0, 0.1) is 0 Å². The van der Waals surface area contributed by atoms with Gasteiger partial charge in [0, 0.05) is 42.7 Å². The fraction of sp³-hybridized carbons (Fsp3) is 0.320. The lowest BCUT2D eigenvalue weighted by Gasteiger charge is -2.32. The Kier molecular flexibility index (Phi) is 7.76. The average Bonchev–Trinajstić information content (AvgIpc) is 3.34. The second-order valence-electron chi connectivity index (χ2n) is 8.10. The van der Waals surface area contributed by atoms with Crippen LogP contribution in [0.15, 0.2) is 53.9 Å². The van der Waals surface area contributed by atoms with Crippen LogP contribution in [-0.4, -0.2) is 55.0 Å². The van der Waals surface area contributed by atoms with Crippen molar-refractivity contribution in [1.29, 1.82) is 0 Å². The van der Waals surface area contributed by atoms with Gasteiger partial charge < -0.3 is 14.8 Å². The van der Waals surface area contributed by atoms with Gasteiger partial charge in [-0.15, -0.1) is 11.3 Å². The van der Waals surface area contributed by atoms with Crippen molar-refractivity contribution in [1.82, 2.24) is 15.2 Å². The van der Waals surface area contributed by atoms with Gasteiger partial charge >= 0.3 is 0 Å². The Morgan fingerprint density at radius 3 is 2.35 bits per heavy atom. The number of anilines is 1. The zero-order valence-corrected chi connectivity index (χ0v) is 20.1. The number of amides is 2. The maximum absolute atomic E-state index is 12.7. The third kappa shape index (κ3) is 6.12. The number of aromatic nitrogens is 1. The Hall–Kier alpha value is -3.43. The number of thiazole rings is 1. The molecule has 3 aromatic rings. The van der Waals surface area contributed by atoms with Crippen molar-refractivity contribution in [3.63, 3.8) is 0 Å². The Labute approximate surface area is 202 Å². The molecule has 1 aromatic heterocycles. The molecule has 0 saturated carbocycles. The molecule has 0 atom stereocenters. The van der Waals surface area contributed by atoms with Crippen LogP contribution >= 0.6 is 11.3 Å². The number of hydrogen-bond donors (Lipinski definition) is 2. The van der Waals surface area contributed by atoms with E-state index in [2.05, 4.69) is 44.8 Å². The number of hydrogen-bond acceptors (Lipinski definition) is 7. The second kappa shape index (κ2) is 11.1. The van der Waals surface area contributed by atoms with E-state index >= 15 is 0 Å². The SMILES string of the molecule is COc1cc(OC)cc(C(=O)Nc2nc(C(=O)NC3CCN(Cc4ccccc4)CC3)cs2)c1. The molecular weight excluding hydrogens is 452 g/mol. The number of rotatable bonds is 8. The molecule has 2 N–H and O–H groups in total. The van der Waals surface area contributed by atoms with Gasteiger partial charge in [-0.25, -0.2) is 4.98 Å². The van der Waals surface area contributed by atoms with Gasteiger partial charge in [0.25, 0.3) is 11.8 Å². The molecule has 0 aliphatic carbocycles. The molecule has 1 saturated heterocycles. The van der Waals surface area contributed by atoms with Crippen LogP contribution in [0.5, 0.6) is 11.5 Å². The predicted molar refractivity (Wildman–Crippen MR) is 132 cm³/mol. The molecule has 2 aromatic carbocycles. The van der Waals surface area contributed by atoms with Crippen LogP contribution in [0.3, 0.4) is 0 Å². The number of benzene rings is 2. The zero-order chi connectivity index (χ0) is 23.9. The van der Waals surface area contributed by atoms with Crippen molar-refractivity contribution < 1.29 is 19.1 Å². The zero-order valence-electron chi connectivity index (χ0n) is 19.2. The van der Waals surface area contributed by atoms with E-state index in [4.69, 9.17) is 9.47 Å². The van der Waals surface area contributed by atoms with Gasteiger partial charge in [0.05, 0.1) is 14.2 Å². The summed E-state index contributed by atoms with van der Waals surface area (Å²) in [4.78, 5) is 32.0. The highest BCUT2D eigenvalue weighted by atomic mass is 32.1. The fourth-order valence-electron chi connectivity index (χ4n) is 3.88. The summed E-state index contributed by atoms with van der Waals surface area (Å²) >= 11 is 1.21. The highest BCUT2D eigenvalue weighted by Gasteiger charge is 2.22. The molecule has 0 bridgehead atoms. The Balaban J connectivity index is 1.28. The number of likely N-dealkylation sites (tertiary alicyclic amines) is 1. The summed E-state index contributed by atoms with van der Waals surface area (Å²) < 4.78 is 10.4. The number of ether oxygens (including phenoxy) is 2. The van der Waals surface area contributed by atoms with E-state index in [1.165, 1.54) is 31.1 Å². The first-order valence-electron chi connectivity index (χ1n) is 11.1. The number of methoxy groups -OCH3 is 2. The molecule has 178 valence electrons. The highest BCUT2D eigenvalue weighted by Crippen LogP contribution is 2.24. The van der Waals surface area contributed by atoms with Gasteiger partial charge in [-0.05, 0) is 30.5 Å². The van der Waals surface area contributed by atoms with Crippen LogP contribution in [0.1, 0.15) is 39.3 Å². The van der Waals surface area contributed by atoms with Crippen LogP contribution in [0.4, 0.5) is 5.13 Å².